The second-order valence-corrected chi connectivity index (χ2v) is 6.94. The molecule has 3 aromatic rings. The quantitative estimate of drug-likeness (QED) is 0.719. The van der Waals surface area contributed by atoms with E-state index in [4.69, 9.17) is 0 Å². The van der Waals surface area contributed by atoms with Crippen LogP contribution >= 0.6 is 0 Å². The number of aromatic nitrogens is 2. The molecule has 0 radical (unpaired) electrons. The van der Waals surface area contributed by atoms with Crippen LogP contribution in [0.25, 0.3) is 11.0 Å². The van der Waals surface area contributed by atoms with Gasteiger partial charge in [-0.3, -0.25) is 14.2 Å². The van der Waals surface area contributed by atoms with Crippen LogP contribution in [-0.4, -0.2) is 15.5 Å². The van der Waals surface area contributed by atoms with Crippen LogP contribution in [0, 0.1) is 13.8 Å². The number of fused-ring (bicyclic) bond motifs is 1. The molecule has 0 aliphatic heterocycles. The molecule has 29 heavy (non-hydrogen) atoms. The number of rotatable bonds is 4. The van der Waals surface area contributed by atoms with Crippen molar-refractivity contribution < 1.29 is 18.0 Å². The minimum atomic E-state index is -4.92. The summed E-state index contributed by atoms with van der Waals surface area (Å²) in [4.78, 5) is 28.9. The van der Waals surface area contributed by atoms with Crippen molar-refractivity contribution in [3.63, 3.8) is 0 Å². The van der Waals surface area contributed by atoms with Crippen molar-refractivity contribution in [1.29, 1.82) is 0 Å². The number of aryl methyl sites for hydroxylation is 2. The van der Waals surface area contributed by atoms with E-state index >= 15 is 0 Å². The molecular weight excluding hydrogens is 383 g/mol. The zero-order valence-electron chi connectivity index (χ0n) is 16.2. The normalized spacial score (nSPS) is 12.8. The molecule has 1 atom stereocenters. The van der Waals surface area contributed by atoms with Crippen LogP contribution in [0.5, 0.6) is 0 Å². The monoisotopic (exact) mass is 403 g/mol. The Labute approximate surface area is 165 Å². The van der Waals surface area contributed by atoms with Gasteiger partial charge in [0.25, 0.3) is 5.56 Å². The van der Waals surface area contributed by atoms with Gasteiger partial charge in [-0.25, -0.2) is 4.98 Å². The average Bonchev–Trinajstić information content (AvgIpc) is 2.66. The van der Waals surface area contributed by atoms with Crippen molar-refractivity contribution in [3.05, 3.63) is 75.2 Å². The van der Waals surface area contributed by atoms with Crippen molar-refractivity contribution in [2.24, 2.45) is 0 Å². The summed E-state index contributed by atoms with van der Waals surface area (Å²) >= 11 is 0. The fraction of sp³-hybridized carbons (Fsp3) is 0.286. The van der Waals surface area contributed by atoms with E-state index in [-0.39, 0.29) is 17.6 Å². The van der Waals surface area contributed by atoms with Gasteiger partial charge in [-0.15, -0.1) is 0 Å². The Morgan fingerprint density at radius 1 is 1.14 bits per heavy atom. The van der Waals surface area contributed by atoms with Crippen LogP contribution in [0.3, 0.4) is 0 Å². The lowest BCUT2D eigenvalue weighted by Crippen LogP contribution is -2.39. The smallest absolute Gasteiger partial charge is 0.350 e. The predicted molar refractivity (Wildman–Crippen MR) is 103 cm³/mol. The Bertz CT molecular complexity index is 1120. The topological polar surface area (TPSA) is 64.0 Å². The van der Waals surface area contributed by atoms with Crippen LogP contribution in [0.1, 0.15) is 35.3 Å². The SMILES string of the molecule is Cc1cc2nc(C(F)(F)F)c(=O)n([C@H](C)C(=O)NCc3ccccc3)c2cc1C. The molecule has 1 N–H and O–H groups in total. The maximum absolute atomic E-state index is 13.4. The lowest BCUT2D eigenvalue weighted by Gasteiger charge is -2.20. The molecular formula is C21H20F3N3O2. The van der Waals surface area contributed by atoms with Gasteiger partial charge in [0, 0.05) is 6.54 Å². The first-order valence-corrected chi connectivity index (χ1v) is 9.02. The van der Waals surface area contributed by atoms with Gasteiger partial charge in [0.1, 0.15) is 6.04 Å². The number of benzene rings is 2. The number of hydrogen-bond acceptors (Lipinski definition) is 3. The Kier molecular flexibility index (Phi) is 5.46. The number of carbonyl (C=O) groups excluding carboxylic acids is 1. The molecule has 0 aliphatic rings. The first kappa shape index (κ1) is 20.6. The summed E-state index contributed by atoms with van der Waals surface area (Å²) in [6.07, 6.45) is -4.92. The summed E-state index contributed by atoms with van der Waals surface area (Å²) in [6, 6.07) is 11.0. The van der Waals surface area contributed by atoms with E-state index in [1.807, 2.05) is 30.3 Å². The second-order valence-electron chi connectivity index (χ2n) is 6.94. The van der Waals surface area contributed by atoms with Gasteiger partial charge in [0.15, 0.2) is 0 Å². The molecule has 0 spiro atoms. The van der Waals surface area contributed by atoms with Crippen molar-refractivity contribution in [2.75, 3.05) is 0 Å². The number of carbonyl (C=O) groups is 1. The van der Waals surface area contributed by atoms with Crippen LogP contribution in [0.2, 0.25) is 0 Å². The summed E-state index contributed by atoms with van der Waals surface area (Å²) in [7, 11) is 0. The average molecular weight is 403 g/mol. The van der Waals surface area contributed by atoms with Gasteiger partial charge in [0.05, 0.1) is 11.0 Å². The van der Waals surface area contributed by atoms with Crippen molar-refractivity contribution in [2.45, 2.75) is 39.5 Å². The van der Waals surface area contributed by atoms with E-state index in [9.17, 15) is 22.8 Å². The van der Waals surface area contributed by atoms with Gasteiger partial charge in [0.2, 0.25) is 11.6 Å². The lowest BCUT2D eigenvalue weighted by atomic mass is 10.1. The molecule has 0 saturated heterocycles. The van der Waals surface area contributed by atoms with Gasteiger partial charge < -0.3 is 5.32 Å². The van der Waals surface area contributed by atoms with E-state index < -0.39 is 29.4 Å². The van der Waals surface area contributed by atoms with Gasteiger partial charge >= 0.3 is 6.18 Å². The fourth-order valence-corrected chi connectivity index (χ4v) is 3.08. The zero-order valence-corrected chi connectivity index (χ0v) is 16.2. The van der Waals surface area contributed by atoms with Crippen LogP contribution in [0.15, 0.2) is 47.3 Å². The molecule has 1 amide bonds. The maximum atomic E-state index is 13.4. The molecule has 2 aromatic carbocycles. The fourth-order valence-electron chi connectivity index (χ4n) is 3.08. The molecule has 0 fully saturated rings. The number of hydrogen-bond donors (Lipinski definition) is 1. The zero-order chi connectivity index (χ0) is 21.3. The predicted octanol–water partition coefficient (Wildman–Crippen LogP) is 3.91. The highest BCUT2D eigenvalue weighted by Gasteiger charge is 2.38. The Balaban J connectivity index is 2.08. The third kappa shape index (κ3) is 4.16. The molecule has 0 unspecified atom stereocenters. The molecule has 3 rings (SSSR count). The first-order valence-electron chi connectivity index (χ1n) is 9.02. The van der Waals surface area contributed by atoms with Gasteiger partial charge in [-0.1, -0.05) is 30.3 Å². The third-order valence-electron chi connectivity index (χ3n) is 4.85. The van der Waals surface area contributed by atoms with E-state index in [0.717, 1.165) is 21.3 Å². The summed E-state index contributed by atoms with van der Waals surface area (Å²) in [5, 5.41) is 2.67. The highest BCUT2D eigenvalue weighted by Crippen LogP contribution is 2.28. The van der Waals surface area contributed by atoms with E-state index in [2.05, 4.69) is 10.3 Å². The Morgan fingerprint density at radius 3 is 2.38 bits per heavy atom. The molecule has 0 bridgehead atoms. The van der Waals surface area contributed by atoms with E-state index in [0.29, 0.717) is 0 Å². The third-order valence-corrected chi connectivity index (χ3v) is 4.85. The minimum absolute atomic E-state index is 0.0164. The number of amides is 1. The highest BCUT2D eigenvalue weighted by atomic mass is 19.4. The standard InChI is InChI=1S/C21H20F3N3O2/c1-12-9-16-17(10-13(12)2)27(20(29)18(26-16)21(22,23)24)14(3)19(28)25-11-15-7-5-4-6-8-15/h4-10,14H,11H2,1-3H3,(H,25,28)/t14-/m1/s1. The number of nitrogens with zero attached hydrogens (tertiary/aromatic N) is 2. The van der Waals surface area contributed by atoms with Crippen molar-refractivity contribution >= 4 is 16.9 Å². The van der Waals surface area contributed by atoms with Crippen molar-refractivity contribution in [3.8, 4) is 0 Å². The summed E-state index contributed by atoms with van der Waals surface area (Å²) < 4.78 is 41.1. The molecule has 1 heterocycles. The minimum Gasteiger partial charge on any atom is -0.350 e. The van der Waals surface area contributed by atoms with Crippen LogP contribution in [0.4, 0.5) is 13.2 Å². The number of alkyl halides is 3. The summed E-state index contributed by atoms with van der Waals surface area (Å²) in [6.45, 7) is 5.12. The van der Waals surface area contributed by atoms with E-state index in [1.54, 1.807) is 19.9 Å². The van der Waals surface area contributed by atoms with Crippen LogP contribution in [-0.2, 0) is 17.5 Å². The molecule has 152 valence electrons. The molecule has 0 aliphatic carbocycles. The van der Waals surface area contributed by atoms with Gasteiger partial charge in [-0.2, -0.15) is 13.2 Å². The molecule has 5 nitrogen and oxygen atoms in total. The number of nitrogens with one attached hydrogen (secondary N) is 1. The summed E-state index contributed by atoms with van der Waals surface area (Å²) in [5.74, 6) is -0.560. The maximum Gasteiger partial charge on any atom is 0.438 e. The largest absolute Gasteiger partial charge is 0.438 e. The van der Waals surface area contributed by atoms with Gasteiger partial charge in [-0.05, 0) is 49.6 Å². The molecule has 0 saturated carbocycles. The lowest BCUT2D eigenvalue weighted by molar-refractivity contribution is -0.142. The Hall–Kier alpha value is -3.16. The highest BCUT2D eigenvalue weighted by molar-refractivity contribution is 5.84. The van der Waals surface area contributed by atoms with Crippen molar-refractivity contribution in [1.82, 2.24) is 14.9 Å². The van der Waals surface area contributed by atoms with E-state index in [1.165, 1.54) is 13.0 Å². The number of halogens is 3. The molecule has 1 aromatic heterocycles. The summed E-state index contributed by atoms with van der Waals surface area (Å²) in [5.41, 5.74) is -0.307. The molecule has 8 heteroatoms. The second kappa shape index (κ2) is 7.69. The van der Waals surface area contributed by atoms with Crippen LogP contribution < -0.4 is 10.9 Å². The Morgan fingerprint density at radius 2 is 1.76 bits per heavy atom. The first-order chi connectivity index (χ1) is 13.6.